The molecule has 6 aromatic rings. The van der Waals surface area contributed by atoms with Crippen LogP contribution < -0.4 is 21.1 Å². The normalized spacial score (nSPS) is 11.7. The summed E-state index contributed by atoms with van der Waals surface area (Å²) in [6, 6.07) is 14.8. The van der Waals surface area contributed by atoms with Crippen LogP contribution in [0.15, 0.2) is 80.8 Å². The minimum Gasteiger partial charge on any atom is -0.528 e. The number of thiophene rings is 1. The number of carbonyl (C=O) groups is 1. The topological polar surface area (TPSA) is 132 Å². The maximum Gasteiger partial charge on any atom is 0.393 e. The quantitative estimate of drug-likeness (QED) is 0.148. The van der Waals surface area contributed by atoms with Gasteiger partial charge in [0.1, 0.15) is 22.2 Å². The van der Waals surface area contributed by atoms with Crippen LogP contribution in [0, 0.1) is 11.6 Å². The van der Waals surface area contributed by atoms with Gasteiger partial charge in [0.05, 0.1) is 32.0 Å². The fourth-order valence-electron chi connectivity index (χ4n) is 5.14. The van der Waals surface area contributed by atoms with Gasteiger partial charge in [-0.15, -0.1) is 11.3 Å². The van der Waals surface area contributed by atoms with Gasteiger partial charge in [-0.2, -0.15) is 18.3 Å². The molecule has 0 fully saturated rings. The molecule has 0 saturated carbocycles. The van der Waals surface area contributed by atoms with Crippen molar-refractivity contribution >= 4 is 27.3 Å². The lowest BCUT2D eigenvalue weighted by Crippen LogP contribution is -2.41. The zero-order valence-corrected chi connectivity index (χ0v) is 25.3. The maximum atomic E-state index is 15.7. The molecule has 0 unspecified atom stereocenters. The number of rotatable bonds is 9. The van der Waals surface area contributed by atoms with Crippen LogP contribution in [-0.4, -0.2) is 38.3 Å². The van der Waals surface area contributed by atoms with Gasteiger partial charge in [-0.1, -0.05) is 24.3 Å². The molecular weight excluding hydrogens is 663 g/mol. The zero-order chi connectivity index (χ0) is 34.3. The molecule has 6 rings (SSSR count). The summed E-state index contributed by atoms with van der Waals surface area (Å²) in [6.45, 7) is -1.63. The number of fused-ring (bicyclic) bond motifs is 1. The van der Waals surface area contributed by atoms with Crippen molar-refractivity contribution in [3.05, 3.63) is 115 Å². The second-order valence-electron chi connectivity index (χ2n) is 10.5. The van der Waals surface area contributed by atoms with E-state index in [9.17, 15) is 32.7 Å². The van der Waals surface area contributed by atoms with Crippen LogP contribution in [0.4, 0.5) is 22.0 Å². The third-order valence-corrected chi connectivity index (χ3v) is 8.54. The Kier molecular flexibility index (Phi) is 8.43. The highest BCUT2D eigenvalue weighted by Crippen LogP contribution is 2.34. The predicted octanol–water partition coefficient (Wildman–Crippen LogP) is 5.34. The Balaban J connectivity index is 1.45. The molecule has 3 aromatic carbocycles. The number of methoxy groups -OCH3 is 1. The highest BCUT2D eigenvalue weighted by atomic mass is 32.1. The monoisotopic (exact) mass is 683 g/mol. The van der Waals surface area contributed by atoms with Crippen LogP contribution in [0.25, 0.3) is 32.7 Å². The number of hydrogen-bond donors (Lipinski definition) is 0. The van der Waals surface area contributed by atoms with Crippen LogP contribution in [0.5, 0.6) is 11.8 Å². The van der Waals surface area contributed by atoms with E-state index in [0.717, 1.165) is 22.8 Å². The third-order valence-electron chi connectivity index (χ3n) is 7.38. The summed E-state index contributed by atoms with van der Waals surface area (Å²) >= 11 is 0.477. The molecule has 48 heavy (non-hydrogen) atoms. The number of aromatic nitrogens is 4. The van der Waals surface area contributed by atoms with E-state index < -0.39 is 66.0 Å². The van der Waals surface area contributed by atoms with Crippen molar-refractivity contribution in [1.29, 1.82) is 0 Å². The molecule has 0 bridgehead atoms. The lowest BCUT2D eigenvalue weighted by molar-refractivity contribution is -0.303. The van der Waals surface area contributed by atoms with Gasteiger partial charge in [0.2, 0.25) is 0 Å². The molecule has 0 aliphatic rings. The minimum absolute atomic E-state index is 0.0118. The van der Waals surface area contributed by atoms with Crippen molar-refractivity contribution in [2.75, 3.05) is 7.11 Å². The largest absolute Gasteiger partial charge is 0.528 e. The van der Waals surface area contributed by atoms with Crippen molar-refractivity contribution < 1.29 is 41.1 Å². The summed E-state index contributed by atoms with van der Waals surface area (Å²) in [7, 11) is 1.42. The number of halogens is 5. The van der Waals surface area contributed by atoms with E-state index in [1.54, 1.807) is 12.1 Å². The molecule has 0 aliphatic carbocycles. The van der Waals surface area contributed by atoms with Crippen LogP contribution in [-0.2, 0) is 19.5 Å². The molecule has 0 saturated heterocycles. The summed E-state index contributed by atoms with van der Waals surface area (Å²) in [6.07, 6.45) is -7.05. The second kappa shape index (κ2) is 12.5. The Hall–Kier alpha value is -5.64. The first-order valence-electron chi connectivity index (χ1n) is 13.9. The highest BCUT2D eigenvalue weighted by molar-refractivity contribution is 7.18. The summed E-state index contributed by atoms with van der Waals surface area (Å²) in [4.78, 5) is 43.3. The minimum atomic E-state index is -4.66. The molecule has 0 aliphatic heterocycles. The number of alkyl halides is 3. The number of hydrogen-bond acceptors (Lipinski definition) is 9. The van der Waals surface area contributed by atoms with E-state index in [4.69, 9.17) is 4.74 Å². The fraction of sp³-hybridized carbons (Fsp3) is 0.156. The number of nitrogens with zero attached hydrogens (tertiary/aromatic N) is 4. The fourth-order valence-corrected chi connectivity index (χ4v) is 6.31. The molecule has 3 aromatic heterocycles. The molecule has 10 nitrogen and oxygen atoms in total. The molecule has 0 spiro atoms. The van der Waals surface area contributed by atoms with E-state index in [0.29, 0.717) is 21.7 Å². The van der Waals surface area contributed by atoms with Gasteiger partial charge in [-0.25, -0.2) is 18.6 Å². The van der Waals surface area contributed by atoms with Crippen molar-refractivity contribution in [3.63, 3.8) is 0 Å². The summed E-state index contributed by atoms with van der Waals surface area (Å²) < 4.78 is 82.1. The Morgan fingerprint density at radius 1 is 0.979 bits per heavy atom. The van der Waals surface area contributed by atoms with Crippen molar-refractivity contribution in [2.24, 2.45) is 0 Å². The molecule has 0 amide bonds. The first kappa shape index (κ1) is 32.3. The standard InChI is InChI=1S/C32H21F5N4O6S/c1-46-18-8-6-16(7-9-18)26(42)15-40-28(43)22-12-19(13-32(35,36)37)48-29(22)41(31(40)45)14-23-24(33)10-17(11-25(23)34)20-4-2-3-5-21(20)27-38-30(44)47-39-27/h2-12H,13-15H2,1H3,(H,38,39,44)/p-1. The SMILES string of the molecule is COc1ccc(C(=O)Cn2c(=O)c3cc(CC(F)(F)F)sc3n(Cc3c(F)cc(-c4ccccc4-c4noc([O-])n4)cc3F)c2=O)cc1. The third kappa shape index (κ3) is 6.33. The number of Topliss-reactive ketones (excluding diaryl/α,β-unsaturated/α-hetero) is 1. The molecule has 246 valence electrons. The lowest BCUT2D eigenvalue weighted by Gasteiger charge is -2.14. The molecule has 0 radical (unpaired) electrons. The number of carbonyl (C=O) groups excluding carboxylic acids is 1. The van der Waals surface area contributed by atoms with E-state index >= 15 is 8.78 Å². The lowest BCUT2D eigenvalue weighted by atomic mass is 9.97. The van der Waals surface area contributed by atoms with E-state index in [2.05, 4.69) is 14.7 Å². The summed E-state index contributed by atoms with van der Waals surface area (Å²) in [5.41, 5.74) is -2.24. The Labute approximate surface area is 269 Å². The maximum absolute atomic E-state index is 15.7. The molecule has 0 atom stereocenters. The molecule has 3 heterocycles. The first-order valence-corrected chi connectivity index (χ1v) is 14.7. The van der Waals surface area contributed by atoms with Gasteiger partial charge in [-0.3, -0.25) is 18.7 Å². The van der Waals surface area contributed by atoms with Crippen LogP contribution in [0.3, 0.4) is 0 Å². The molecule has 16 heteroatoms. The van der Waals surface area contributed by atoms with Crippen LogP contribution in [0.1, 0.15) is 20.8 Å². The average molecular weight is 684 g/mol. The number of ether oxygens (including phenoxy) is 1. The number of ketones is 1. The van der Waals surface area contributed by atoms with Gasteiger partial charge < -0.3 is 14.4 Å². The Morgan fingerprint density at radius 2 is 1.65 bits per heavy atom. The van der Waals surface area contributed by atoms with E-state index in [1.807, 2.05) is 0 Å². The van der Waals surface area contributed by atoms with Gasteiger partial charge in [-0.05, 0) is 53.6 Å². The van der Waals surface area contributed by atoms with Gasteiger partial charge in [0, 0.05) is 21.6 Å². The van der Waals surface area contributed by atoms with E-state index in [1.165, 1.54) is 43.5 Å². The van der Waals surface area contributed by atoms with Gasteiger partial charge >= 0.3 is 11.9 Å². The van der Waals surface area contributed by atoms with Gasteiger partial charge in [0.25, 0.3) is 5.56 Å². The predicted molar refractivity (Wildman–Crippen MR) is 161 cm³/mol. The first-order chi connectivity index (χ1) is 22.8. The van der Waals surface area contributed by atoms with Crippen molar-refractivity contribution in [3.8, 4) is 34.3 Å². The van der Waals surface area contributed by atoms with Crippen molar-refractivity contribution in [1.82, 2.24) is 19.3 Å². The summed E-state index contributed by atoms with van der Waals surface area (Å²) in [5, 5.41) is 14.7. The molecular formula is C32H20F5N4O6S-. The van der Waals surface area contributed by atoms with Crippen LogP contribution >= 0.6 is 11.3 Å². The molecule has 0 N–H and O–H groups in total. The van der Waals surface area contributed by atoms with Crippen LogP contribution in [0.2, 0.25) is 0 Å². The van der Waals surface area contributed by atoms with Crippen molar-refractivity contribution in [2.45, 2.75) is 25.7 Å². The highest BCUT2D eigenvalue weighted by Gasteiger charge is 2.30. The average Bonchev–Trinajstić information content (AvgIpc) is 3.67. The zero-order valence-electron chi connectivity index (χ0n) is 24.5. The second-order valence-corrected chi connectivity index (χ2v) is 11.6. The summed E-state index contributed by atoms with van der Waals surface area (Å²) in [5.74, 6) is -2.62. The van der Waals surface area contributed by atoms with E-state index in [-0.39, 0.29) is 43.2 Å². The Morgan fingerprint density at radius 3 is 2.25 bits per heavy atom. The Bertz CT molecular complexity index is 2280. The number of benzene rings is 3. The smallest absolute Gasteiger partial charge is 0.393 e. The van der Waals surface area contributed by atoms with Gasteiger partial charge in [0.15, 0.2) is 17.7 Å².